The summed E-state index contributed by atoms with van der Waals surface area (Å²) in [6, 6.07) is 12.8. The Morgan fingerprint density at radius 3 is 2.35 bits per heavy atom. The third-order valence-corrected chi connectivity index (χ3v) is 6.64. The van der Waals surface area contributed by atoms with Crippen molar-refractivity contribution < 1.29 is 28.5 Å². The summed E-state index contributed by atoms with van der Waals surface area (Å²) in [7, 11) is 4.84. The van der Waals surface area contributed by atoms with Crippen LogP contribution < -0.4 is 14.2 Å². The zero-order chi connectivity index (χ0) is 26.4. The van der Waals surface area contributed by atoms with Gasteiger partial charge < -0.3 is 23.8 Å². The highest BCUT2D eigenvalue weighted by atomic mass is 16.6. The Hall–Kier alpha value is -3.79. The SMILES string of the molecule is CCOC(=O)N1CCN(CC(=O)N2N=C(c3ccccc3OC)CC2c2cc(OC)ccc2OC)CC1. The largest absolute Gasteiger partial charge is 0.497 e. The number of piperazine rings is 1. The van der Waals surface area contributed by atoms with Gasteiger partial charge in [0.1, 0.15) is 17.2 Å². The number of carbonyl (C=O) groups is 2. The van der Waals surface area contributed by atoms with Gasteiger partial charge in [-0.15, -0.1) is 0 Å². The van der Waals surface area contributed by atoms with E-state index in [2.05, 4.69) is 0 Å². The molecule has 198 valence electrons. The van der Waals surface area contributed by atoms with Crippen molar-refractivity contribution in [1.82, 2.24) is 14.8 Å². The van der Waals surface area contributed by atoms with Crippen LogP contribution in [0.3, 0.4) is 0 Å². The van der Waals surface area contributed by atoms with Crippen molar-refractivity contribution in [2.45, 2.75) is 19.4 Å². The molecule has 37 heavy (non-hydrogen) atoms. The fourth-order valence-corrected chi connectivity index (χ4v) is 4.70. The first-order chi connectivity index (χ1) is 18.0. The van der Waals surface area contributed by atoms with Crippen LogP contribution in [0.4, 0.5) is 4.79 Å². The highest BCUT2D eigenvalue weighted by Gasteiger charge is 2.37. The van der Waals surface area contributed by atoms with Gasteiger partial charge in [-0.2, -0.15) is 5.10 Å². The third-order valence-electron chi connectivity index (χ3n) is 6.64. The summed E-state index contributed by atoms with van der Waals surface area (Å²) in [5, 5.41) is 6.35. The van der Waals surface area contributed by atoms with Crippen molar-refractivity contribution in [3.8, 4) is 17.2 Å². The van der Waals surface area contributed by atoms with E-state index in [0.29, 0.717) is 56.5 Å². The Morgan fingerprint density at radius 2 is 1.68 bits per heavy atom. The molecular weight excluding hydrogens is 476 g/mol. The van der Waals surface area contributed by atoms with Crippen molar-refractivity contribution in [3.63, 3.8) is 0 Å². The van der Waals surface area contributed by atoms with Crippen LogP contribution in [0.1, 0.15) is 30.5 Å². The summed E-state index contributed by atoms with van der Waals surface area (Å²) in [5.74, 6) is 1.89. The van der Waals surface area contributed by atoms with Crippen LogP contribution in [0.2, 0.25) is 0 Å². The highest BCUT2D eigenvalue weighted by Crippen LogP contribution is 2.40. The van der Waals surface area contributed by atoms with E-state index in [1.165, 1.54) is 0 Å². The first kappa shape index (κ1) is 26.3. The summed E-state index contributed by atoms with van der Waals surface area (Å²) in [4.78, 5) is 29.4. The first-order valence-corrected chi connectivity index (χ1v) is 12.4. The van der Waals surface area contributed by atoms with Gasteiger partial charge in [-0.25, -0.2) is 9.80 Å². The molecule has 10 nitrogen and oxygen atoms in total. The molecule has 2 aromatic carbocycles. The molecule has 4 rings (SSSR count). The summed E-state index contributed by atoms with van der Waals surface area (Å²) >= 11 is 0. The molecular formula is C27H34N4O6. The maximum Gasteiger partial charge on any atom is 0.409 e. The Bertz CT molecular complexity index is 1150. The van der Waals surface area contributed by atoms with E-state index in [1.54, 1.807) is 38.2 Å². The molecule has 2 amide bonds. The Kier molecular flexibility index (Phi) is 8.50. The molecule has 0 bridgehead atoms. The monoisotopic (exact) mass is 510 g/mol. The van der Waals surface area contributed by atoms with E-state index in [0.717, 1.165) is 16.8 Å². The van der Waals surface area contributed by atoms with E-state index < -0.39 is 0 Å². The molecule has 2 aromatic rings. The number of rotatable bonds is 8. The van der Waals surface area contributed by atoms with E-state index in [-0.39, 0.29) is 24.6 Å². The number of methoxy groups -OCH3 is 3. The lowest BCUT2D eigenvalue weighted by Gasteiger charge is -2.34. The maximum atomic E-state index is 13.7. The molecule has 0 N–H and O–H groups in total. The van der Waals surface area contributed by atoms with Gasteiger partial charge in [0.15, 0.2) is 0 Å². The number of hydrogen-bond acceptors (Lipinski definition) is 8. The quantitative estimate of drug-likeness (QED) is 0.539. The standard InChI is InChI=1S/C27H34N4O6/c1-5-37-27(33)30-14-12-29(13-15-30)18-26(32)31-23(21-16-19(34-2)10-11-25(21)36-4)17-22(28-31)20-8-6-7-9-24(20)35-3/h6-11,16,23H,5,12-15,17-18H2,1-4H3. The zero-order valence-corrected chi connectivity index (χ0v) is 21.8. The van der Waals surface area contributed by atoms with Crippen molar-refractivity contribution >= 4 is 17.7 Å². The first-order valence-electron chi connectivity index (χ1n) is 12.4. The molecule has 0 spiro atoms. The topological polar surface area (TPSA) is 93.1 Å². The van der Waals surface area contributed by atoms with Crippen molar-refractivity contribution in [1.29, 1.82) is 0 Å². The third kappa shape index (κ3) is 5.80. The number of ether oxygens (including phenoxy) is 4. The van der Waals surface area contributed by atoms with Crippen LogP contribution in [0.15, 0.2) is 47.6 Å². The summed E-state index contributed by atoms with van der Waals surface area (Å²) < 4.78 is 21.8. The predicted molar refractivity (Wildman–Crippen MR) is 138 cm³/mol. The molecule has 1 fully saturated rings. The summed E-state index contributed by atoms with van der Waals surface area (Å²) in [6.07, 6.45) is 0.177. The molecule has 0 aliphatic carbocycles. The molecule has 1 atom stereocenters. The molecule has 10 heteroatoms. The van der Waals surface area contributed by atoms with Crippen LogP contribution in [0.25, 0.3) is 0 Å². The summed E-state index contributed by atoms with van der Waals surface area (Å²) in [5.41, 5.74) is 2.42. The minimum Gasteiger partial charge on any atom is -0.497 e. The second kappa shape index (κ2) is 12.0. The average Bonchev–Trinajstić information content (AvgIpc) is 3.38. The number of hydrogen-bond donors (Lipinski definition) is 0. The van der Waals surface area contributed by atoms with Gasteiger partial charge in [-0.05, 0) is 37.3 Å². The fraction of sp³-hybridized carbons (Fsp3) is 0.444. The lowest BCUT2D eigenvalue weighted by molar-refractivity contribution is -0.134. The van der Waals surface area contributed by atoms with E-state index in [4.69, 9.17) is 24.0 Å². The highest BCUT2D eigenvalue weighted by molar-refractivity contribution is 6.05. The minimum atomic E-state index is -0.377. The van der Waals surface area contributed by atoms with E-state index in [9.17, 15) is 9.59 Å². The number of para-hydroxylation sites is 1. The predicted octanol–water partition coefficient (Wildman–Crippen LogP) is 3.16. The molecule has 2 aliphatic heterocycles. The second-order valence-electron chi connectivity index (χ2n) is 8.78. The minimum absolute atomic E-state index is 0.135. The molecule has 2 heterocycles. The molecule has 1 unspecified atom stereocenters. The molecule has 1 saturated heterocycles. The van der Waals surface area contributed by atoms with E-state index in [1.807, 2.05) is 47.4 Å². The fourth-order valence-electron chi connectivity index (χ4n) is 4.70. The van der Waals surface area contributed by atoms with Crippen LogP contribution >= 0.6 is 0 Å². The van der Waals surface area contributed by atoms with Crippen LogP contribution in [-0.2, 0) is 9.53 Å². The van der Waals surface area contributed by atoms with Crippen LogP contribution in [0.5, 0.6) is 17.2 Å². The number of hydrazone groups is 1. The van der Waals surface area contributed by atoms with Crippen LogP contribution in [-0.4, -0.2) is 93.2 Å². The van der Waals surface area contributed by atoms with Gasteiger partial charge in [-0.1, -0.05) is 12.1 Å². The van der Waals surface area contributed by atoms with Gasteiger partial charge in [0.05, 0.1) is 46.2 Å². The van der Waals surface area contributed by atoms with Gasteiger partial charge in [0.2, 0.25) is 0 Å². The Labute approximate surface area is 217 Å². The van der Waals surface area contributed by atoms with Crippen molar-refractivity contribution in [2.75, 3.05) is 60.7 Å². The lowest BCUT2D eigenvalue weighted by atomic mass is 9.97. The number of amides is 2. The Balaban J connectivity index is 1.59. The van der Waals surface area contributed by atoms with Crippen molar-refractivity contribution in [3.05, 3.63) is 53.6 Å². The van der Waals surface area contributed by atoms with Gasteiger partial charge in [-0.3, -0.25) is 9.69 Å². The molecule has 0 radical (unpaired) electrons. The molecule has 0 aromatic heterocycles. The zero-order valence-electron chi connectivity index (χ0n) is 21.8. The molecule has 2 aliphatic rings. The average molecular weight is 511 g/mol. The maximum absolute atomic E-state index is 13.7. The summed E-state index contributed by atoms with van der Waals surface area (Å²) in [6.45, 7) is 4.49. The number of benzene rings is 2. The van der Waals surface area contributed by atoms with E-state index >= 15 is 0 Å². The smallest absolute Gasteiger partial charge is 0.409 e. The lowest BCUT2D eigenvalue weighted by Crippen LogP contribution is -2.51. The normalized spacial score (nSPS) is 17.8. The second-order valence-corrected chi connectivity index (χ2v) is 8.78. The van der Waals surface area contributed by atoms with Crippen LogP contribution in [0, 0.1) is 0 Å². The number of nitrogens with zero attached hydrogens (tertiary/aromatic N) is 4. The molecule has 0 saturated carbocycles. The Morgan fingerprint density at radius 1 is 0.946 bits per heavy atom. The number of carbonyl (C=O) groups excluding carboxylic acids is 2. The van der Waals surface area contributed by atoms with Gasteiger partial charge >= 0.3 is 6.09 Å². The van der Waals surface area contributed by atoms with Gasteiger partial charge in [0, 0.05) is 43.7 Å². The van der Waals surface area contributed by atoms with Gasteiger partial charge in [0.25, 0.3) is 5.91 Å². The van der Waals surface area contributed by atoms with Crippen molar-refractivity contribution in [2.24, 2.45) is 5.10 Å².